The maximum absolute atomic E-state index is 13.6. The summed E-state index contributed by atoms with van der Waals surface area (Å²) in [7, 11) is -3.98. The van der Waals surface area contributed by atoms with Gasteiger partial charge in [-0.2, -0.15) is 13.1 Å². The Morgan fingerprint density at radius 1 is 1.02 bits per heavy atom. The topological polar surface area (TPSA) is 168 Å². The Kier molecular flexibility index (Phi) is 11.7. The molecule has 3 aromatic carbocycles. The van der Waals surface area contributed by atoms with Crippen molar-refractivity contribution in [1.29, 1.82) is 0 Å². The number of aryl methyl sites for hydroxylation is 1. The van der Waals surface area contributed by atoms with Crippen LogP contribution in [0, 0.1) is 0 Å². The summed E-state index contributed by atoms with van der Waals surface area (Å²) in [5.41, 5.74) is 3.19. The van der Waals surface area contributed by atoms with Crippen LogP contribution >= 0.6 is 23.5 Å². The van der Waals surface area contributed by atoms with Crippen molar-refractivity contribution in [1.82, 2.24) is 18.6 Å². The van der Waals surface area contributed by atoms with E-state index in [9.17, 15) is 33.0 Å². The number of halogens is 1. The summed E-state index contributed by atoms with van der Waals surface area (Å²) in [6, 6.07) is 19.1. The molecule has 5 N–H and O–H groups in total. The van der Waals surface area contributed by atoms with Gasteiger partial charge in [0.25, 0.3) is 10.2 Å². The number of amides is 1. The van der Waals surface area contributed by atoms with Gasteiger partial charge in [0.15, 0.2) is 0 Å². The molecule has 15 heteroatoms. The van der Waals surface area contributed by atoms with Crippen molar-refractivity contribution in [3.05, 3.63) is 94.5 Å². The van der Waals surface area contributed by atoms with E-state index in [0.29, 0.717) is 48.4 Å². The number of carboxylic acid groups (broad SMARTS) is 2. The second-order valence-electron chi connectivity index (χ2n) is 11.8. The van der Waals surface area contributed by atoms with Gasteiger partial charge in [-0.1, -0.05) is 66.2 Å². The van der Waals surface area contributed by atoms with Crippen LogP contribution in [-0.4, -0.2) is 75.9 Å². The van der Waals surface area contributed by atoms with E-state index in [1.807, 2.05) is 30.3 Å². The number of likely N-dealkylation sites (tertiary alicyclic amines) is 1. The van der Waals surface area contributed by atoms with E-state index in [-0.39, 0.29) is 13.0 Å². The van der Waals surface area contributed by atoms with Crippen LogP contribution in [-0.2, 0) is 44.0 Å². The lowest BCUT2D eigenvalue weighted by Crippen LogP contribution is -2.53. The van der Waals surface area contributed by atoms with Crippen molar-refractivity contribution in [3.8, 4) is 0 Å². The number of carboxylic acids is 2. The van der Waals surface area contributed by atoms with Gasteiger partial charge in [-0.05, 0) is 85.9 Å². The zero-order chi connectivity index (χ0) is 34.4. The molecule has 0 saturated carbocycles. The van der Waals surface area contributed by atoms with Crippen LogP contribution in [0.4, 0.5) is 5.69 Å². The van der Waals surface area contributed by atoms with Crippen LogP contribution in [0.2, 0.25) is 5.02 Å². The van der Waals surface area contributed by atoms with Crippen molar-refractivity contribution >= 4 is 57.3 Å². The number of hydrogen-bond donors (Lipinski definition) is 5. The Hall–Kier alpha value is -3.66. The standard InChI is InChI=1S/C33H38ClN5O7S2/c1-21(31(40)38-17-5-8-28(38)33(43)44)36-27(32(41)42)18-23-9-11-24(12-10-23)20-35-48(45,46)39-30(16-13-22-6-3-2-4-7-22)37-26-19-25(34)14-15-29(26)47-39/h2-4,6-7,9-12,14-15,19,21,27-28,30,35-37H,5,8,13,16-18,20H2,1H3,(H,41,42)(H,43,44)/t21?,27-,28-,30-/m0/s1. The third kappa shape index (κ3) is 8.87. The first kappa shape index (κ1) is 35.6. The van der Waals surface area contributed by atoms with Gasteiger partial charge in [-0.15, -0.1) is 3.71 Å². The average Bonchev–Trinajstić information content (AvgIpc) is 3.57. The molecule has 2 heterocycles. The fourth-order valence-electron chi connectivity index (χ4n) is 5.82. The van der Waals surface area contributed by atoms with Gasteiger partial charge in [0.2, 0.25) is 5.91 Å². The minimum absolute atomic E-state index is 0.00524. The number of hydrogen-bond acceptors (Lipinski definition) is 8. The molecular weight excluding hydrogens is 678 g/mol. The maximum atomic E-state index is 13.6. The molecule has 0 bridgehead atoms. The van der Waals surface area contributed by atoms with Crippen LogP contribution in [0.15, 0.2) is 77.7 Å². The Balaban J connectivity index is 1.21. The molecular formula is C33H38ClN5O7S2. The lowest BCUT2D eigenvalue weighted by atomic mass is 10.0. The van der Waals surface area contributed by atoms with E-state index in [1.165, 1.54) is 15.5 Å². The first-order valence-electron chi connectivity index (χ1n) is 15.6. The van der Waals surface area contributed by atoms with Crippen LogP contribution < -0.4 is 15.4 Å². The van der Waals surface area contributed by atoms with Crippen LogP contribution in [0.1, 0.15) is 42.9 Å². The molecule has 0 aromatic heterocycles. The molecule has 0 radical (unpaired) electrons. The van der Waals surface area contributed by atoms with E-state index < -0.39 is 52.3 Å². The van der Waals surface area contributed by atoms with Gasteiger partial charge >= 0.3 is 11.9 Å². The fourth-order valence-corrected chi connectivity index (χ4v) is 8.58. The minimum Gasteiger partial charge on any atom is -0.480 e. The van der Waals surface area contributed by atoms with Crippen molar-refractivity contribution in [2.75, 3.05) is 11.9 Å². The summed E-state index contributed by atoms with van der Waals surface area (Å²) in [4.78, 5) is 38.5. The number of rotatable bonds is 14. The number of carbonyl (C=O) groups excluding carboxylic acids is 1. The molecule has 48 heavy (non-hydrogen) atoms. The third-order valence-corrected chi connectivity index (χ3v) is 11.6. The minimum atomic E-state index is -3.98. The first-order chi connectivity index (χ1) is 22.9. The van der Waals surface area contributed by atoms with Crippen LogP contribution in [0.25, 0.3) is 0 Å². The molecule has 2 aliphatic heterocycles. The highest BCUT2D eigenvalue weighted by molar-refractivity contribution is 8.08. The molecule has 12 nitrogen and oxygen atoms in total. The van der Waals surface area contributed by atoms with Crippen molar-refractivity contribution in [3.63, 3.8) is 0 Å². The van der Waals surface area contributed by atoms with Gasteiger partial charge in [0.1, 0.15) is 18.2 Å². The number of nitrogens with zero attached hydrogens (tertiary/aromatic N) is 2. The van der Waals surface area contributed by atoms with Crippen molar-refractivity contribution in [2.45, 2.75) is 74.8 Å². The van der Waals surface area contributed by atoms with Gasteiger partial charge in [-0.25, -0.2) is 4.79 Å². The van der Waals surface area contributed by atoms with Gasteiger partial charge in [0.05, 0.1) is 11.7 Å². The molecule has 1 amide bonds. The Morgan fingerprint density at radius 2 is 1.73 bits per heavy atom. The molecule has 256 valence electrons. The zero-order valence-corrected chi connectivity index (χ0v) is 28.6. The number of benzene rings is 3. The van der Waals surface area contributed by atoms with E-state index >= 15 is 0 Å². The Labute approximate surface area is 289 Å². The quantitative estimate of drug-likeness (QED) is 0.153. The first-order valence-corrected chi connectivity index (χ1v) is 18.2. The van der Waals surface area contributed by atoms with E-state index in [1.54, 1.807) is 42.5 Å². The number of aliphatic carboxylic acids is 2. The predicted molar refractivity (Wildman–Crippen MR) is 184 cm³/mol. The SMILES string of the molecule is CC(N[C@@H](Cc1ccc(CNS(=O)(=O)N2Sc3ccc(Cl)cc3N[C@@H]2CCc2ccccc2)cc1)C(=O)O)C(=O)N1CCC[C@H]1C(=O)O. The number of fused-ring (bicyclic) bond motifs is 1. The molecule has 0 aliphatic carbocycles. The summed E-state index contributed by atoms with van der Waals surface area (Å²) in [6.07, 6.45) is 1.62. The highest BCUT2D eigenvalue weighted by Crippen LogP contribution is 2.40. The van der Waals surface area contributed by atoms with E-state index in [0.717, 1.165) is 28.1 Å². The van der Waals surface area contributed by atoms with Crippen molar-refractivity contribution in [2.24, 2.45) is 0 Å². The molecule has 3 aromatic rings. The molecule has 1 saturated heterocycles. The Bertz CT molecular complexity index is 1730. The van der Waals surface area contributed by atoms with Gasteiger partial charge in [0, 0.05) is 23.0 Å². The normalized spacial score (nSPS) is 19.2. The zero-order valence-electron chi connectivity index (χ0n) is 26.2. The number of carbonyl (C=O) groups is 3. The monoisotopic (exact) mass is 715 g/mol. The molecule has 4 atom stereocenters. The summed E-state index contributed by atoms with van der Waals surface area (Å²) in [5, 5.41) is 26.0. The fraction of sp³-hybridized carbons (Fsp3) is 0.364. The smallest absolute Gasteiger partial charge is 0.326 e. The lowest BCUT2D eigenvalue weighted by molar-refractivity contribution is -0.149. The van der Waals surface area contributed by atoms with E-state index in [2.05, 4.69) is 15.4 Å². The second-order valence-corrected chi connectivity index (χ2v) is 15.1. The maximum Gasteiger partial charge on any atom is 0.326 e. The highest BCUT2D eigenvalue weighted by Gasteiger charge is 2.37. The van der Waals surface area contributed by atoms with Crippen molar-refractivity contribution < 1.29 is 33.0 Å². The molecule has 0 spiro atoms. The molecule has 1 fully saturated rings. The summed E-state index contributed by atoms with van der Waals surface area (Å²) >= 11 is 7.33. The van der Waals surface area contributed by atoms with Crippen LogP contribution in [0.5, 0.6) is 0 Å². The third-order valence-electron chi connectivity index (χ3n) is 8.35. The molecule has 1 unspecified atom stereocenters. The number of nitrogens with one attached hydrogen (secondary N) is 3. The molecule has 2 aliphatic rings. The summed E-state index contributed by atoms with van der Waals surface area (Å²) in [6.45, 7) is 1.85. The van der Waals surface area contributed by atoms with E-state index in [4.69, 9.17) is 11.6 Å². The molecule has 5 rings (SSSR count). The largest absolute Gasteiger partial charge is 0.480 e. The lowest BCUT2D eigenvalue weighted by Gasteiger charge is -2.36. The van der Waals surface area contributed by atoms with Gasteiger partial charge in [-0.3, -0.25) is 14.9 Å². The van der Waals surface area contributed by atoms with Gasteiger partial charge < -0.3 is 20.4 Å². The second kappa shape index (κ2) is 15.7. The highest BCUT2D eigenvalue weighted by atomic mass is 35.5. The summed E-state index contributed by atoms with van der Waals surface area (Å²) < 4.78 is 31.3. The Morgan fingerprint density at radius 3 is 2.42 bits per heavy atom. The van der Waals surface area contributed by atoms with Crippen LogP contribution in [0.3, 0.4) is 0 Å². The average molecular weight is 716 g/mol. The predicted octanol–water partition coefficient (Wildman–Crippen LogP) is 4.12. The summed E-state index contributed by atoms with van der Waals surface area (Å²) in [5.74, 6) is -2.68. The number of anilines is 1.